The van der Waals surface area contributed by atoms with Gasteiger partial charge < -0.3 is 24.8 Å². The van der Waals surface area contributed by atoms with Crippen molar-refractivity contribution < 1.29 is 18.6 Å². The van der Waals surface area contributed by atoms with Gasteiger partial charge in [-0.2, -0.15) is 0 Å². The van der Waals surface area contributed by atoms with Crippen LogP contribution in [-0.2, 0) is 6.54 Å². The third kappa shape index (κ3) is 6.74. The van der Waals surface area contributed by atoms with Gasteiger partial charge in [-0.05, 0) is 54.8 Å². The van der Waals surface area contributed by atoms with E-state index in [-0.39, 0.29) is 36.6 Å². The predicted molar refractivity (Wildman–Crippen MR) is 117 cm³/mol. The van der Waals surface area contributed by atoms with Crippen molar-refractivity contribution in [3.8, 4) is 17.2 Å². The number of nitrogens with zero attached hydrogens (tertiary/aromatic N) is 1. The maximum absolute atomic E-state index is 12.8. The lowest BCUT2D eigenvalue weighted by atomic mass is 10.2. The maximum Gasteiger partial charge on any atom is 0.231 e. The van der Waals surface area contributed by atoms with Crippen molar-refractivity contribution in [2.24, 2.45) is 4.99 Å². The highest BCUT2D eigenvalue weighted by Crippen LogP contribution is 2.32. The van der Waals surface area contributed by atoms with Crippen molar-refractivity contribution >= 4 is 29.9 Å². The van der Waals surface area contributed by atoms with Crippen LogP contribution in [0.5, 0.6) is 17.2 Å². The van der Waals surface area contributed by atoms with Crippen molar-refractivity contribution in [1.82, 2.24) is 10.6 Å². The summed E-state index contributed by atoms with van der Waals surface area (Å²) >= 11 is 0. The molecule has 0 radical (unpaired) electrons. The number of unbranched alkanes of at least 4 members (excludes halogenated alkanes) is 1. The number of benzene rings is 2. The van der Waals surface area contributed by atoms with Gasteiger partial charge >= 0.3 is 0 Å². The number of rotatable bonds is 8. The molecule has 1 aliphatic rings. The van der Waals surface area contributed by atoms with Gasteiger partial charge in [0.25, 0.3) is 0 Å². The average Bonchev–Trinajstić information content (AvgIpc) is 3.16. The Morgan fingerprint density at radius 2 is 1.86 bits per heavy atom. The number of fused-ring (bicyclic) bond motifs is 1. The summed E-state index contributed by atoms with van der Waals surface area (Å²) in [6, 6.07) is 11.9. The minimum absolute atomic E-state index is 0. The van der Waals surface area contributed by atoms with Gasteiger partial charge in [0.05, 0.1) is 6.61 Å². The summed E-state index contributed by atoms with van der Waals surface area (Å²) < 4.78 is 29.1. The highest BCUT2D eigenvalue weighted by molar-refractivity contribution is 14.0. The predicted octanol–water partition coefficient (Wildman–Crippen LogP) is 3.70. The number of ether oxygens (including phenoxy) is 3. The van der Waals surface area contributed by atoms with Crippen LogP contribution < -0.4 is 24.8 Å². The average molecular weight is 501 g/mol. The van der Waals surface area contributed by atoms with Gasteiger partial charge in [0.2, 0.25) is 6.79 Å². The van der Waals surface area contributed by atoms with Gasteiger partial charge in [0.1, 0.15) is 11.6 Å². The highest BCUT2D eigenvalue weighted by atomic mass is 127. The molecule has 1 heterocycles. The molecule has 6 nitrogen and oxygen atoms in total. The molecule has 0 spiro atoms. The van der Waals surface area contributed by atoms with Crippen LogP contribution in [0.1, 0.15) is 18.4 Å². The SMILES string of the molecule is CN=C(NCCCCOc1ccc(F)cc1)NCc1ccc2c(c1)OCO2.I. The Bertz CT molecular complexity index is 772. The van der Waals surface area contributed by atoms with E-state index in [1.54, 1.807) is 19.2 Å². The summed E-state index contributed by atoms with van der Waals surface area (Å²) in [7, 11) is 1.74. The molecular formula is C20H25FIN3O3. The molecule has 0 aromatic heterocycles. The summed E-state index contributed by atoms with van der Waals surface area (Å²) in [5.41, 5.74) is 1.09. The Hall–Kier alpha value is -2.23. The molecule has 0 aliphatic carbocycles. The molecule has 8 heteroatoms. The van der Waals surface area contributed by atoms with E-state index in [1.165, 1.54) is 12.1 Å². The Balaban J connectivity index is 0.00000280. The van der Waals surface area contributed by atoms with Crippen LogP contribution in [0.3, 0.4) is 0 Å². The third-order valence-electron chi connectivity index (χ3n) is 4.07. The standard InChI is InChI=1S/C20H24FN3O3.HI/c1-22-20(24-13-15-4-9-18-19(12-15)27-14-26-18)23-10-2-3-11-25-17-7-5-16(21)6-8-17;/h4-9,12H,2-3,10-11,13-14H2,1H3,(H2,22,23,24);1H. The van der Waals surface area contributed by atoms with Crippen LogP contribution in [0, 0.1) is 5.82 Å². The van der Waals surface area contributed by atoms with Crippen LogP contribution in [0.25, 0.3) is 0 Å². The van der Waals surface area contributed by atoms with Gasteiger partial charge in [-0.15, -0.1) is 24.0 Å². The Morgan fingerprint density at radius 3 is 2.64 bits per heavy atom. The smallest absolute Gasteiger partial charge is 0.231 e. The molecule has 0 unspecified atom stereocenters. The second kappa shape index (κ2) is 11.6. The minimum atomic E-state index is -0.258. The molecule has 0 fully saturated rings. The summed E-state index contributed by atoms with van der Waals surface area (Å²) in [5, 5.41) is 6.55. The number of halogens is 2. The number of guanidine groups is 1. The fourth-order valence-electron chi connectivity index (χ4n) is 2.61. The van der Waals surface area contributed by atoms with Gasteiger partial charge in [-0.3, -0.25) is 4.99 Å². The van der Waals surface area contributed by atoms with Crippen LogP contribution in [0.2, 0.25) is 0 Å². The van der Waals surface area contributed by atoms with E-state index in [4.69, 9.17) is 14.2 Å². The third-order valence-corrected chi connectivity index (χ3v) is 4.07. The van der Waals surface area contributed by atoms with E-state index in [0.29, 0.717) is 18.9 Å². The lowest BCUT2D eigenvalue weighted by Crippen LogP contribution is -2.37. The fourth-order valence-corrected chi connectivity index (χ4v) is 2.61. The van der Waals surface area contributed by atoms with Crippen LogP contribution in [0.4, 0.5) is 4.39 Å². The van der Waals surface area contributed by atoms with Gasteiger partial charge in [0.15, 0.2) is 17.5 Å². The number of aliphatic imine (C=N–C) groups is 1. The summed E-state index contributed by atoms with van der Waals surface area (Å²) in [6.45, 7) is 2.30. The summed E-state index contributed by atoms with van der Waals surface area (Å²) in [6.07, 6.45) is 1.83. The van der Waals surface area contributed by atoms with Gasteiger partial charge in [-0.1, -0.05) is 6.07 Å². The number of nitrogens with one attached hydrogen (secondary N) is 2. The van der Waals surface area contributed by atoms with Crippen LogP contribution in [0.15, 0.2) is 47.5 Å². The molecule has 3 rings (SSSR count). The molecule has 0 saturated carbocycles. The molecule has 152 valence electrons. The zero-order valence-electron chi connectivity index (χ0n) is 15.7. The Labute approximate surface area is 181 Å². The molecule has 1 aliphatic heterocycles. The molecule has 0 amide bonds. The molecule has 0 saturated heterocycles. The molecule has 2 N–H and O–H groups in total. The molecule has 0 atom stereocenters. The van der Waals surface area contributed by atoms with Crippen molar-refractivity contribution in [2.75, 3.05) is 27.0 Å². The van der Waals surface area contributed by atoms with E-state index >= 15 is 0 Å². The van der Waals surface area contributed by atoms with Gasteiger partial charge in [0, 0.05) is 20.1 Å². The lowest BCUT2D eigenvalue weighted by Gasteiger charge is -2.12. The zero-order chi connectivity index (χ0) is 18.9. The topological polar surface area (TPSA) is 64.1 Å². The molecule has 0 bridgehead atoms. The van der Waals surface area contributed by atoms with E-state index < -0.39 is 0 Å². The van der Waals surface area contributed by atoms with Crippen LogP contribution in [-0.4, -0.2) is 33.0 Å². The molecule has 2 aromatic carbocycles. The first-order valence-electron chi connectivity index (χ1n) is 8.96. The molecule has 28 heavy (non-hydrogen) atoms. The monoisotopic (exact) mass is 501 g/mol. The summed E-state index contributed by atoms with van der Waals surface area (Å²) in [4.78, 5) is 4.22. The van der Waals surface area contributed by atoms with Crippen molar-refractivity contribution in [3.05, 3.63) is 53.8 Å². The number of hydrogen-bond donors (Lipinski definition) is 2. The zero-order valence-corrected chi connectivity index (χ0v) is 18.1. The first-order chi connectivity index (χ1) is 13.2. The first-order valence-corrected chi connectivity index (χ1v) is 8.96. The van der Waals surface area contributed by atoms with E-state index in [0.717, 1.165) is 42.4 Å². The van der Waals surface area contributed by atoms with E-state index in [1.807, 2.05) is 18.2 Å². The summed E-state index contributed by atoms with van der Waals surface area (Å²) in [5.74, 6) is 2.73. The van der Waals surface area contributed by atoms with Crippen molar-refractivity contribution in [1.29, 1.82) is 0 Å². The van der Waals surface area contributed by atoms with Crippen molar-refractivity contribution in [2.45, 2.75) is 19.4 Å². The first kappa shape index (κ1) is 22.1. The normalized spacial score (nSPS) is 12.3. The number of hydrogen-bond acceptors (Lipinski definition) is 4. The fraction of sp³-hybridized carbons (Fsp3) is 0.350. The minimum Gasteiger partial charge on any atom is -0.494 e. The second-order valence-corrected chi connectivity index (χ2v) is 6.05. The Kier molecular flexibility index (Phi) is 9.12. The molecular weight excluding hydrogens is 476 g/mol. The van der Waals surface area contributed by atoms with Crippen molar-refractivity contribution in [3.63, 3.8) is 0 Å². The maximum atomic E-state index is 12.8. The molecule has 2 aromatic rings. The largest absolute Gasteiger partial charge is 0.494 e. The second-order valence-electron chi connectivity index (χ2n) is 6.05. The quantitative estimate of drug-likeness (QED) is 0.250. The van der Waals surface area contributed by atoms with E-state index in [9.17, 15) is 4.39 Å². The highest BCUT2D eigenvalue weighted by Gasteiger charge is 2.13. The van der Waals surface area contributed by atoms with E-state index in [2.05, 4.69) is 15.6 Å². The lowest BCUT2D eigenvalue weighted by molar-refractivity contribution is 0.174. The Morgan fingerprint density at radius 1 is 1.07 bits per heavy atom. The van der Waals surface area contributed by atoms with Crippen LogP contribution >= 0.6 is 24.0 Å². The van der Waals surface area contributed by atoms with Gasteiger partial charge in [-0.25, -0.2) is 4.39 Å².